The highest BCUT2D eigenvalue weighted by atomic mass is 31.2. The molecule has 60 heavy (non-hydrogen) atoms. The zero-order valence-corrected chi connectivity index (χ0v) is 40.8. The number of likely N-dealkylation sites (N-methyl/N-ethyl adjacent to an activating group) is 1. The summed E-state index contributed by atoms with van der Waals surface area (Å²) in [7, 11) is 1.35. The van der Waals surface area contributed by atoms with Crippen LogP contribution in [-0.2, 0) is 27.9 Å². The van der Waals surface area contributed by atoms with Crippen LogP contribution in [0.15, 0.2) is 48.6 Å². The first-order valence-corrected chi connectivity index (χ1v) is 26.3. The van der Waals surface area contributed by atoms with Crippen molar-refractivity contribution >= 4 is 13.8 Å². The summed E-state index contributed by atoms with van der Waals surface area (Å²) in [6.45, 7) is 5.38. The Labute approximate surface area is 371 Å². The molecular formula is C51H96NO7P. The lowest BCUT2D eigenvalue weighted by molar-refractivity contribution is -0.870. The lowest BCUT2D eigenvalue weighted by Crippen LogP contribution is -2.37. The molecule has 0 radical (unpaired) electrons. The highest BCUT2D eigenvalue weighted by Crippen LogP contribution is 2.38. The number of hydrogen-bond donors (Lipinski definition) is 0. The molecule has 0 aromatic rings. The highest BCUT2D eigenvalue weighted by Gasteiger charge is 2.20. The molecule has 0 saturated carbocycles. The molecule has 2 atom stereocenters. The molecule has 0 fully saturated rings. The summed E-state index contributed by atoms with van der Waals surface area (Å²) >= 11 is 0. The summed E-state index contributed by atoms with van der Waals surface area (Å²) < 4.78 is 34.7. The first-order chi connectivity index (χ1) is 29.1. The van der Waals surface area contributed by atoms with Crippen molar-refractivity contribution in [3.8, 4) is 0 Å². The third kappa shape index (κ3) is 47.5. The quantitative estimate of drug-likeness (QED) is 0.0198. The average molecular weight is 866 g/mol. The van der Waals surface area contributed by atoms with Gasteiger partial charge in [0.1, 0.15) is 19.3 Å². The second-order valence-corrected chi connectivity index (χ2v) is 19.2. The minimum atomic E-state index is -4.53. The van der Waals surface area contributed by atoms with Gasteiger partial charge in [0.15, 0.2) is 0 Å². The van der Waals surface area contributed by atoms with E-state index in [1.165, 1.54) is 141 Å². The van der Waals surface area contributed by atoms with Gasteiger partial charge in [-0.3, -0.25) is 9.36 Å². The van der Waals surface area contributed by atoms with E-state index in [1.54, 1.807) is 0 Å². The Hall–Kier alpha value is -1.54. The minimum Gasteiger partial charge on any atom is -0.756 e. The lowest BCUT2D eigenvalue weighted by atomic mass is 10.1. The summed E-state index contributed by atoms with van der Waals surface area (Å²) in [5.41, 5.74) is 0. The Bertz CT molecular complexity index is 1100. The molecule has 0 bridgehead atoms. The number of rotatable bonds is 46. The van der Waals surface area contributed by atoms with Crippen LogP contribution in [0.4, 0.5) is 0 Å². The summed E-state index contributed by atoms with van der Waals surface area (Å²) in [5, 5.41) is 0. The highest BCUT2D eigenvalue weighted by molar-refractivity contribution is 7.45. The molecule has 0 aliphatic rings. The number of esters is 1. The summed E-state index contributed by atoms with van der Waals surface area (Å²) in [6.07, 6.45) is 54.1. The molecule has 2 unspecified atom stereocenters. The molecule has 0 spiro atoms. The minimum absolute atomic E-state index is 0.0223. The van der Waals surface area contributed by atoms with Gasteiger partial charge >= 0.3 is 5.97 Å². The van der Waals surface area contributed by atoms with Gasteiger partial charge in [0.05, 0.1) is 34.4 Å². The molecule has 8 nitrogen and oxygen atoms in total. The van der Waals surface area contributed by atoms with E-state index >= 15 is 0 Å². The first kappa shape index (κ1) is 58.5. The van der Waals surface area contributed by atoms with Crippen LogP contribution in [0.1, 0.15) is 213 Å². The molecule has 0 saturated heterocycles. The number of unbranched alkanes of at least 4 members (excludes halogenated alkanes) is 24. The normalized spacial score (nSPS) is 14.0. The van der Waals surface area contributed by atoms with E-state index in [9.17, 15) is 14.3 Å². The van der Waals surface area contributed by atoms with E-state index in [0.717, 1.165) is 51.4 Å². The van der Waals surface area contributed by atoms with Crippen LogP contribution in [-0.4, -0.2) is 70.7 Å². The van der Waals surface area contributed by atoms with Crippen molar-refractivity contribution in [2.24, 2.45) is 0 Å². The Balaban J connectivity index is 4.17. The summed E-state index contributed by atoms with van der Waals surface area (Å²) in [6, 6.07) is 0. The Morgan fingerprint density at radius 2 is 0.917 bits per heavy atom. The van der Waals surface area contributed by atoms with Gasteiger partial charge in [-0.15, -0.1) is 0 Å². The predicted molar refractivity (Wildman–Crippen MR) is 254 cm³/mol. The van der Waals surface area contributed by atoms with E-state index in [1.807, 2.05) is 21.1 Å². The van der Waals surface area contributed by atoms with Crippen LogP contribution in [0, 0.1) is 0 Å². The van der Waals surface area contributed by atoms with Gasteiger partial charge in [-0.1, -0.05) is 178 Å². The van der Waals surface area contributed by atoms with Crippen molar-refractivity contribution in [3.05, 3.63) is 48.6 Å². The Morgan fingerprint density at radius 1 is 0.517 bits per heavy atom. The summed E-state index contributed by atoms with van der Waals surface area (Å²) in [4.78, 5) is 25.1. The van der Waals surface area contributed by atoms with E-state index in [0.29, 0.717) is 24.1 Å². The number of ether oxygens (including phenoxy) is 2. The number of phosphoric acid groups is 1. The van der Waals surface area contributed by atoms with Crippen LogP contribution in [0.3, 0.4) is 0 Å². The molecule has 0 amide bonds. The van der Waals surface area contributed by atoms with Crippen molar-refractivity contribution in [2.45, 2.75) is 219 Å². The van der Waals surface area contributed by atoms with E-state index < -0.39 is 13.9 Å². The maximum atomic E-state index is 12.7. The fourth-order valence-corrected chi connectivity index (χ4v) is 7.45. The molecule has 0 N–H and O–H groups in total. The lowest BCUT2D eigenvalue weighted by Gasteiger charge is -2.28. The van der Waals surface area contributed by atoms with Crippen molar-refractivity contribution in [1.82, 2.24) is 0 Å². The zero-order chi connectivity index (χ0) is 44.1. The monoisotopic (exact) mass is 866 g/mol. The van der Waals surface area contributed by atoms with Crippen LogP contribution in [0.2, 0.25) is 0 Å². The van der Waals surface area contributed by atoms with Gasteiger partial charge in [0.2, 0.25) is 0 Å². The van der Waals surface area contributed by atoms with Crippen LogP contribution in [0.25, 0.3) is 0 Å². The van der Waals surface area contributed by atoms with Gasteiger partial charge in [-0.25, -0.2) is 0 Å². The van der Waals surface area contributed by atoms with Crippen LogP contribution < -0.4 is 4.89 Å². The molecule has 0 aromatic carbocycles. The van der Waals surface area contributed by atoms with Gasteiger partial charge in [0.25, 0.3) is 7.82 Å². The number of phosphoric ester groups is 1. The van der Waals surface area contributed by atoms with Gasteiger partial charge in [-0.05, 0) is 77.0 Å². The van der Waals surface area contributed by atoms with Gasteiger partial charge < -0.3 is 27.9 Å². The third-order valence-electron chi connectivity index (χ3n) is 10.6. The standard InChI is InChI=1S/C51H96NO7P/c1-6-8-10-12-14-16-18-20-22-23-24-25-26-27-28-29-30-32-34-36-38-40-42-44-51(53)59-50(49-58-60(54,55)57-47-45-52(3,4)5)48-56-46-43-41-39-37-35-33-31-21-19-17-15-13-11-9-7-2/h18-21,23-24,26-27,50H,6-17,22,25,28-49H2,1-5H3/b20-18-,21-19-,24-23-,27-26-. The number of carbonyl (C=O) groups excluding carboxylic acids is 1. The van der Waals surface area contributed by atoms with Gasteiger partial charge in [-0.2, -0.15) is 0 Å². The van der Waals surface area contributed by atoms with Crippen molar-refractivity contribution in [2.75, 3.05) is 54.1 Å². The molecule has 0 aromatic heterocycles. The summed E-state index contributed by atoms with van der Waals surface area (Å²) in [5.74, 6) is -0.343. The average Bonchev–Trinajstić information content (AvgIpc) is 3.20. The topological polar surface area (TPSA) is 94.1 Å². The third-order valence-corrected chi connectivity index (χ3v) is 11.6. The van der Waals surface area contributed by atoms with Crippen LogP contribution >= 0.6 is 7.82 Å². The van der Waals surface area contributed by atoms with Crippen LogP contribution in [0.5, 0.6) is 0 Å². The Kier molecular flexibility index (Phi) is 43.0. The maximum Gasteiger partial charge on any atom is 0.306 e. The number of hydrogen-bond acceptors (Lipinski definition) is 7. The molecule has 0 aliphatic heterocycles. The Morgan fingerprint density at radius 3 is 1.38 bits per heavy atom. The number of quaternary nitrogens is 1. The predicted octanol–water partition coefficient (Wildman–Crippen LogP) is 14.5. The SMILES string of the molecule is CCCCCCC/C=C\C/C=C\C/C=C\CCCCCCCCCCC(=O)OC(COCCCCCCCC/C=C\CCCCCCC)COP(=O)([O-])OCC[N+](C)(C)C. The van der Waals surface area contributed by atoms with E-state index in [-0.39, 0.29) is 25.8 Å². The fraction of sp³-hybridized carbons (Fsp3) is 0.824. The van der Waals surface area contributed by atoms with Crippen molar-refractivity contribution in [3.63, 3.8) is 0 Å². The first-order valence-electron chi connectivity index (χ1n) is 24.9. The van der Waals surface area contributed by atoms with Crippen molar-refractivity contribution in [1.29, 1.82) is 0 Å². The number of carbonyl (C=O) groups is 1. The van der Waals surface area contributed by atoms with Gasteiger partial charge in [0, 0.05) is 13.0 Å². The molecular weight excluding hydrogens is 770 g/mol. The molecule has 9 heteroatoms. The largest absolute Gasteiger partial charge is 0.756 e. The smallest absolute Gasteiger partial charge is 0.306 e. The second-order valence-electron chi connectivity index (χ2n) is 17.8. The fourth-order valence-electron chi connectivity index (χ4n) is 6.72. The van der Waals surface area contributed by atoms with E-state index in [2.05, 4.69) is 62.5 Å². The second kappa shape index (κ2) is 44.1. The molecule has 0 rings (SSSR count). The number of allylic oxidation sites excluding steroid dienone is 8. The molecule has 352 valence electrons. The maximum absolute atomic E-state index is 12.7. The van der Waals surface area contributed by atoms with E-state index in [4.69, 9.17) is 18.5 Å². The zero-order valence-electron chi connectivity index (χ0n) is 39.9. The molecule has 0 aliphatic carbocycles. The molecule has 0 heterocycles. The number of nitrogens with zero attached hydrogens (tertiary/aromatic N) is 1. The van der Waals surface area contributed by atoms with Crippen molar-refractivity contribution < 1.29 is 37.3 Å².